The molecule has 0 aliphatic carbocycles. The summed E-state index contributed by atoms with van der Waals surface area (Å²) in [6.45, 7) is 4.15. The summed E-state index contributed by atoms with van der Waals surface area (Å²) in [7, 11) is 1.16. The molecule has 9 nitrogen and oxygen atoms in total. The van der Waals surface area contributed by atoms with E-state index in [0.717, 1.165) is 64.2 Å². The Hall–Kier alpha value is -1.51. The second-order valence-corrected chi connectivity index (χ2v) is 17.1. The van der Waals surface area contributed by atoms with Crippen molar-refractivity contribution in [3.8, 4) is 0 Å². The van der Waals surface area contributed by atoms with Crippen LogP contribution in [0.3, 0.4) is 0 Å². The van der Waals surface area contributed by atoms with Crippen molar-refractivity contribution in [1.29, 1.82) is 0 Å². The van der Waals surface area contributed by atoms with E-state index in [0.29, 0.717) is 17.4 Å². The first-order chi connectivity index (χ1) is 25.5. The number of phosphoric ester groups is 1. The Kier molecular flexibility index (Phi) is 35.1. The van der Waals surface area contributed by atoms with Gasteiger partial charge in [-0.1, -0.05) is 141 Å². The molecule has 0 N–H and O–H groups in total. The van der Waals surface area contributed by atoms with E-state index in [4.69, 9.17) is 18.5 Å². The molecule has 0 fully saturated rings. The van der Waals surface area contributed by atoms with Gasteiger partial charge in [-0.15, -0.1) is 0 Å². The number of ether oxygens (including phenoxy) is 2. The molecule has 0 bridgehead atoms. The van der Waals surface area contributed by atoms with Crippen molar-refractivity contribution < 1.29 is 42.1 Å². The topological polar surface area (TPSA) is 111 Å². The van der Waals surface area contributed by atoms with Crippen LogP contribution in [-0.4, -0.2) is 70.0 Å². The van der Waals surface area contributed by atoms with Crippen LogP contribution in [0.15, 0.2) is 24.3 Å². The van der Waals surface area contributed by atoms with E-state index < -0.39 is 32.5 Å². The van der Waals surface area contributed by atoms with Gasteiger partial charge in [0.1, 0.15) is 19.8 Å². The molecule has 0 aliphatic heterocycles. The molecule has 0 aromatic carbocycles. The van der Waals surface area contributed by atoms with Gasteiger partial charge in [-0.3, -0.25) is 14.2 Å². The molecule has 0 amide bonds. The van der Waals surface area contributed by atoms with Gasteiger partial charge in [-0.25, -0.2) is 0 Å². The van der Waals surface area contributed by atoms with Crippen LogP contribution in [0.2, 0.25) is 0 Å². The molecule has 0 saturated heterocycles. The number of carbonyl (C=O) groups is 2. The second kappa shape index (κ2) is 36.1. The molecule has 2 atom stereocenters. The normalized spacial score (nSPS) is 13.8. The van der Waals surface area contributed by atoms with E-state index >= 15 is 0 Å². The van der Waals surface area contributed by atoms with Gasteiger partial charge in [0.05, 0.1) is 27.7 Å². The lowest BCUT2D eigenvalue weighted by Crippen LogP contribution is -2.37. The largest absolute Gasteiger partial charge is 0.756 e. The number of hydrogen-bond donors (Lipinski definition) is 0. The number of unbranched alkanes of at least 4 members (excludes halogenated alkanes) is 21. The minimum Gasteiger partial charge on any atom is -0.756 e. The summed E-state index contributed by atoms with van der Waals surface area (Å²) in [6, 6.07) is 0. The summed E-state index contributed by atoms with van der Waals surface area (Å²) in [5, 5.41) is 0. The van der Waals surface area contributed by atoms with E-state index in [9.17, 15) is 19.0 Å². The molecule has 0 spiro atoms. The number of carbonyl (C=O) groups excluding carboxylic acids is 2. The zero-order valence-corrected chi connectivity index (χ0v) is 35.9. The molecular weight excluding hydrogens is 689 g/mol. The second-order valence-electron chi connectivity index (χ2n) is 15.7. The van der Waals surface area contributed by atoms with Gasteiger partial charge in [-0.2, -0.15) is 0 Å². The first kappa shape index (κ1) is 51.5. The van der Waals surface area contributed by atoms with Crippen molar-refractivity contribution in [2.24, 2.45) is 0 Å². The first-order valence-electron chi connectivity index (χ1n) is 21.5. The Bertz CT molecular complexity index is 964. The highest BCUT2D eigenvalue weighted by Crippen LogP contribution is 2.38. The first-order valence-corrected chi connectivity index (χ1v) is 23.0. The zero-order chi connectivity index (χ0) is 39.3. The Morgan fingerprint density at radius 2 is 1.00 bits per heavy atom. The third-order valence-electron chi connectivity index (χ3n) is 9.17. The number of phosphoric acid groups is 1. The highest BCUT2D eigenvalue weighted by Gasteiger charge is 2.21. The molecule has 53 heavy (non-hydrogen) atoms. The van der Waals surface area contributed by atoms with E-state index in [1.807, 2.05) is 21.1 Å². The Labute approximate surface area is 326 Å². The number of nitrogens with zero attached hydrogens (tertiary/aromatic N) is 1. The van der Waals surface area contributed by atoms with Crippen molar-refractivity contribution in [1.82, 2.24) is 0 Å². The SMILES string of the molecule is CCC/C=C\CCCCCCCC(=O)OCC(COP(=O)([O-])OCC[N+](C)(C)C)OC(=O)CCCCCCCCCCC/C=C\CCCCCCCC. The summed E-state index contributed by atoms with van der Waals surface area (Å²) in [5.41, 5.74) is 0. The summed E-state index contributed by atoms with van der Waals surface area (Å²) < 4.78 is 33.8. The molecule has 0 aromatic rings. The third-order valence-corrected chi connectivity index (χ3v) is 10.1. The van der Waals surface area contributed by atoms with Crippen LogP contribution < -0.4 is 4.89 Å². The zero-order valence-electron chi connectivity index (χ0n) is 35.0. The van der Waals surface area contributed by atoms with Crippen LogP contribution in [0.4, 0.5) is 0 Å². The molecule has 0 radical (unpaired) electrons. The van der Waals surface area contributed by atoms with Crippen LogP contribution in [0.5, 0.6) is 0 Å². The fourth-order valence-electron chi connectivity index (χ4n) is 5.77. The number of likely N-dealkylation sites (N-methyl/N-ethyl adjacent to an activating group) is 1. The van der Waals surface area contributed by atoms with Crippen LogP contribution in [-0.2, 0) is 32.7 Å². The maximum atomic E-state index is 12.7. The summed E-state index contributed by atoms with van der Waals surface area (Å²) in [4.78, 5) is 37.4. The molecule has 0 aliphatic rings. The number of esters is 2. The minimum absolute atomic E-state index is 0.0315. The quantitative estimate of drug-likeness (QED) is 0.0200. The van der Waals surface area contributed by atoms with Gasteiger partial charge in [0, 0.05) is 12.8 Å². The van der Waals surface area contributed by atoms with E-state index in [1.165, 1.54) is 89.9 Å². The van der Waals surface area contributed by atoms with Gasteiger partial charge in [-0.05, 0) is 57.8 Å². The average Bonchev–Trinajstić information content (AvgIpc) is 3.10. The predicted octanol–water partition coefficient (Wildman–Crippen LogP) is 11.3. The number of rotatable bonds is 39. The van der Waals surface area contributed by atoms with E-state index in [2.05, 4.69) is 38.2 Å². The predicted molar refractivity (Wildman–Crippen MR) is 218 cm³/mol. The van der Waals surface area contributed by atoms with Crippen LogP contribution in [0, 0.1) is 0 Å². The average molecular weight is 772 g/mol. The maximum absolute atomic E-state index is 12.7. The fraction of sp³-hybridized carbons (Fsp3) is 0.860. The lowest BCUT2D eigenvalue weighted by Gasteiger charge is -2.28. The molecule has 2 unspecified atom stereocenters. The number of allylic oxidation sites excluding steroid dienone is 4. The maximum Gasteiger partial charge on any atom is 0.306 e. The number of quaternary nitrogens is 1. The van der Waals surface area contributed by atoms with Gasteiger partial charge in [0.15, 0.2) is 6.10 Å². The lowest BCUT2D eigenvalue weighted by atomic mass is 10.1. The van der Waals surface area contributed by atoms with Crippen LogP contribution in [0.1, 0.15) is 187 Å². The van der Waals surface area contributed by atoms with Crippen molar-refractivity contribution in [2.75, 3.05) is 47.5 Å². The summed E-state index contributed by atoms with van der Waals surface area (Å²) in [5.74, 6) is -0.847. The highest BCUT2D eigenvalue weighted by molar-refractivity contribution is 7.45. The van der Waals surface area contributed by atoms with E-state index in [-0.39, 0.29) is 26.1 Å². The van der Waals surface area contributed by atoms with Crippen LogP contribution >= 0.6 is 7.82 Å². The lowest BCUT2D eigenvalue weighted by molar-refractivity contribution is -0.870. The Morgan fingerprint density at radius 3 is 1.47 bits per heavy atom. The monoisotopic (exact) mass is 772 g/mol. The third kappa shape index (κ3) is 40.0. The summed E-state index contributed by atoms with van der Waals surface area (Å²) in [6.07, 6.45) is 37.8. The van der Waals surface area contributed by atoms with Gasteiger partial charge in [0.2, 0.25) is 0 Å². The molecule has 0 heterocycles. The molecule has 0 aromatic heterocycles. The molecule has 0 saturated carbocycles. The van der Waals surface area contributed by atoms with E-state index in [1.54, 1.807) is 0 Å². The molecular formula is C43H82NO8P. The minimum atomic E-state index is -4.62. The summed E-state index contributed by atoms with van der Waals surface area (Å²) >= 11 is 0. The van der Waals surface area contributed by atoms with Gasteiger partial charge in [0.25, 0.3) is 7.82 Å². The highest BCUT2D eigenvalue weighted by atomic mass is 31.2. The van der Waals surface area contributed by atoms with Crippen molar-refractivity contribution in [3.63, 3.8) is 0 Å². The van der Waals surface area contributed by atoms with Crippen molar-refractivity contribution in [2.45, 2.75) is 193 Å². The Morgan fingerprint density at radius 1 is 0.566 bits per heavy atom. The van der Waals surface area contributed by atoms with Gasteiger partial charge >= 0.3 is 11.9 Å². The smallest absolute Gasteiger partial charge is 0.306 e. The van der Waals surface area contributed by atoms with Gasteiger partial charge < -0.3 is 27.9 Å². The molecule has 10 heteroatoms. The molecule has 312 valence electrons. The Balaban J connectivity index is 4.30. The van der Waals surface area contributed by atoms with Crippen LogP contribution in [0.25, 0.3) is 0 Å². The fourth-order valence-corrected chi connectivity index (χ4v) is 6.50. The van der Waals surface area contributed by atoms with Crippen molar-refractivity contribution in [3.05, 3.63) is 24.3 Å². The van der Waals surface area contributed by atoms with Crippen molar-refractivity contribution >= 4 is 19.8 Å². The number of hydrogen-bond acceptors (Lipinski definition) is 8. The molecule has 0 rings (SSSR count). The standard InChI is InChI=1S/C43H82NO8P/c1-6-8-10-12-14-16-18-19-20-21-22-23-24-25-26-28-30-32-34-36-43(46)52-41(40-51-53(47,48)50-38-37-44(3,4)5)39-49-42(45)35-33-31-29-27-17-15-13-11-9-7-2/h11,13,19-20,41H,6-10,12,14-18,21-40H2,1-5H3/b13-11-,20-19-.